The highest BCUT2D eigenvalue weighted by Crippen LogP contribution is 2.16. The Kier molecular flexibility index (Phi) is 3.05. The van der Waals surface area contributed by atoms with E-state index in [-0.39, 0.29) is 12.2 Å². The number of ketones is 1. The number of nitriles is 1. The molecule has 0 bridgehead atoms. The lowest BCUT2D eigenvalue weighted by molar-refractivity contribution is 0.0997. The van der Waals surface area contributed by atoms with Gasteiger partial charge in [0.25, 0.3) is 0 Å². The van der Waals surface area contributed by atoms with E-state index in [1.165, 1.54) is 0 Å². The normalized spacial score (nSPS) is 9.31. The van der Waals surface area contributed by atoms with Crippen LogP contribution in [0.3, 0.4) is 0 Å². The maximum absolute atomic E-state index is 11.2. The van der Waals surface area contributed by atoms with E-state index in [0.29, 0.717) is 10.6 Å². The number of Topliss-reactive ketones (excluding diaryl/α,β-unsaturated/α-hetero) is 1. The summed E-state index contributed by atoms with van der Waals surface area (Å²) in [7, 11) is 0. The van der Waals surface area contributed by atoms with Crippen molar-refractivity contribution in [1.29, 1.82) is 5.26 Å². The van der Waals surface area contributed by atoms with Crippen molar-refractivity contribution in [2.75, 3.05) is 0 Å². The van der Waals surface area contributed by atoms with E-state index in [1.807, 2.05) is 13.0 Å². The van der Waals surface area contributed by atoms with Gasteiger partial charge in [0.1, 0.15) is 0 Å². The van der Waals surface area contributed by atoms with Crippen molar-refractivity contribution in [2.45, 2.75) is 13.3 Å². The van der Waals surface area contributed by atoms with Crippen molar-refractivity contribution in [2.24, 2.45) is 0 Å². The fourth-order valence-electron chi connectivity index (χ4n) is 0.992. The van der Waals surface area contributed by atoms with Gasteiger partial charge < -0.3 is 0 Å². The average molecular weight is 194 g/mol. The van der Waals surface area contributed by atoms with E-state index in [2.05, 4.69) is 0 Å². The highest BCUT2D eigenvalue weighted by Gasteiger charge is 2.05. The maximum Gasteiger partial charge on any atom is 0.176 e. The largest absolute Gasteiger partial charge is 0.293 e. The molecule has 0 saturated heterocycles. The molecule has 1 aromatic carbocycles. The van der Waals surface area contributed by atoms with E-state index < -0.39 is 0 Å². The standard InChI is InChI=1S/C10H8ClNO/c1-7-6-8(2-3-9(7)11)10(13)4-5-12/h2-3,6H,4H2,1H3. The third-order valence-electron chi connectivity index (χ3n) is 1.72. The maximum atomic E-state index is 11.2. The Morgan fingerprint density at radius 1 is 1.62 bits per heavy atom. The van der Waals surface area contributed by atoms with Gasteiger partial charge >= 0.3 is 0 Å². The number of halogens is 1. The van der Waals surface area contributed by atoms with Gasteiger partial charge in [0.15, 0.2) is 5.78 Å². The van der Waals surface area contributed by atoms with Gasteiger partial charge in [-0.3, -0.25) is 4.79 Å². The van der Waals surface area contributed by atoms with Crippen LogP contribution in [0.15, 0.2) is 18.2 Å². The zero-order chi connectivity index (χ0) is 9.84. The minimum atomic E-state index is -0.165. The van der Waals surface area contributed by atoms with Gasteiger partial charge in [-0.25, -0.2) is 0 Å². The number of nitrogens with zero attached hydrogens (tertiary/aromatic N) is 1. The molecule has 3 heteroatoms. The van der Waals surface area contributed by atoms with E-state index >= 15 is 0 Å². The molecule has 0 aromatic heterocycles. The SMILES string of the molecule is Cc1cc(C(=O)CC#N)ccc1Cl. The summed E-state index contributed by atoms with van der Waals surface area (Å²) in [5.41, 5.74) is 1.40. The lowest BCUT2D eigenvalue weighted by Gasteiger charge is -2.00. The lowest BCUT2D eigenvalue weighted by atomic mass is 10.1. The molecule has 0 spiro atoms. The fraction of sp³-hybridized carbons (Fsp3) is 0.200. The quantitative estimate of drug-likeness (QED) is 0.678. The number of benzene rings is 1. The van der Waals surface area contributed by atoms with Gasteiger partial charge in [-0.1, -0.05) is 11.6 Å². The van der Waals surface area contributed by atoms with Gasteiger partial charge in [-0.05, 0) is 30.7 Å². The first-order chi connectivity index (χ1) is 6.15. The molecule has 13 heavy (non-hydrogen) atoms. The summed E-state index contributed by atoms with van der Waals surface area (Å²) in [5, 5.41) is 8.96. The van der Waals surface area contributed by atoms with E-state index in [4.69, 9.17) is 16.9 Å². The fourth-order valence-corrected chi connectivity index (χ4v) is 1.11. The average Bonchev–Trinajstić information content (AvgIpc) is 2.10. The smallest absolute Gasteiger partial charge is 0.176 e. The van der Waals surface area contributed by atoms with Crippen molar-refractivity contribution in [1.82, 2.24) is 0 Å². The van der Waals surface area contributed by atoms with Crippen LogP contribution >= 0.6 is 11.6 Å². The molecule has 0 saturated carbocycles. The first-order valence-corrected chi connectivity index (χ1v) is 4.19. The molecule has 1 aromatic rings. The molecule has 0 aliphatic carbocycles. The molecule has 2 nitrogen and oxygen atoms in total. The van der Waals surface area contributed by atoms with Gasteiger partial charge in [0.2, 0.25) is 0 Å². The third kappa shape index (κ3) is 2.30. The van der Waals surface area contributed by atoms with Crippen molar-refractivity contribution in [3.05, 3.63) is 34.3 Å². The summed E-state index contributed by atoms with van der Waals surface area (Å²) in [4.78, 5) is 11.2. The van der Waals surface area contributed by atoms with Crippen LogP contribution in [-0.2, 0) is 0 Å². The second-order valence-corrected chi connectivity index (χ2v) is 3.13. The minimum absolute atomic E-state index is 0.0823. The summed E-state index contributed by atoms with van der Waals surface area (Å²) in [6.45, 7) is 1.82. The molecule has 0 fully saturated rings. The molecule has 0 aliphatic heterocycles. The molecular formula is C10H8ClNO. The summed E-state index contributed by atoms with van der Waals surface area (Å²) >= 11 is 5.79. The van der Waals surface area contributed by atoms with Gasteiger partial charge in [-0.15, -0.1) is 0 Å². The Bertz CT molecular complexity index is 379. The Labute approximate surface area is 81.7 Å². The molecule has 0 unspecified atom stereocenters. The van der Waals surface area contributed by atoms with Gasteiger partial charge in [-0.2, -0.15) is 5.26 Å². The molecule has 66 valence electrons. The van der Waals surface area contributed by atoms with Crippen molar-refractivity contribution in [3.63, 3.8) is 0 Å². The molecule has 1 rings (SSSR count). The van der Waals surface area contributed by atoms with Crippen LogP contribution in [0.2, 0.25) is 5.02 Å². The Hall–Kier alpha value is -1.33. The molecule has 0 aliphatic rings. The van der Waals surface area contributed by atoms with Crippen molar-refractivity contribution >= 4 is 17.4 Å². The van der Waals surface area contributed by atoms with Crippen molar-refractivity contribution < 1.29 is 4.79 Å². The predicted octanol–water partition coefficient (Wildman–Crippen LogP) is 2.74. The second-order valence-electron chi connectivity index (χ2n) is 2.72. The summed E-state index contributed by atoms with van der Waals surface area (Å²) in [6.07, 6.45) is -0.0823. The summed E-state index contributed by atoms with van der Waals surface area (Å²) in [6, 6.07) is 6.82. The topological polar surface area (TPSA) is 40.9 Å². The summed E-state index contributed by atoms with van der Waals surface area (Å²) < 4.78 is 0. The number of carbonyl (C=O) groups excluding carboxylic acids is 1. The van der Waals surface area contributed by atoms with Crippen LogP contribution in [0.1, 0.15) is 22.3 Å². The molecule has 0 amide bonds. The predicted molar refractivity (Wildman–Crippen MR) is 50.7 cm³/mol. The number of aryl methyl sites for hydroxylation is 1. The molecule has 0 heterocycles. The monoisotopic (exact) mass is 193 g/mol. The van der Waals surface area contributed by atoms with Crippen LogP contribution < -0.4 is 0 Å². The highest BCUT2D eigenvalue weighted by atomic mass is 35.5. The van der Waals surface area contributed by atoms with E-state index in [1.54, 1.807) is 18.2 Å². The lowest BCUT2D eigenvalue weighted by Crippen LogP contribution is -1.97. The number of hydrogen-bond donors (Lipinski definition) is 0. The van der Waals surface area contributed by atoms with Crippen LogP contribution in [0, 0.1) is 18.3 Å². The van der Waals surface area contributed by atoms with Crippen LogP contribution in [-0.4, -0.2) is 5.78 Å². The van der Waals surface area contributed by atoms with Gasteiger partial charge in [0.05, 0.1) is 12.5 Å². The van der Waals surface area contributed by atoms with E-state index in [9.17, 15) is 4.79 Å². The van der Waals surface area contributed by atoms with Crippen LogP contribution in [0.4, 0.5) is 0 Å². The molecule has 0 atom stereocenters. The zero-order valence-corrected chi connectivity index (χ0v) is 7.93. The summed E-state index contributed by atoms with van der Waals surface area (Å²) in [5.74, 6) is -0.165. The Morgan fingerprint density at radius 3 is 2.85 bits per heavy atom. The number of carbonyl (C=O) groups is 1. The van der Waals surface area contributed by atoms with E-state index in [0.717, 1.165) is 5.56 Å². The molecule has 0 radical (unpaired) electrons. The minimum Gasteiger partial charge on any atom is -0.293 e. The first kappa shape index (κ1) is 9.76. The van der Waals surface area contributed by atoms with Crippen molar-refractivity contribution in [3.8, 4) is 6.07 Å². The second kappa shape index (κ2) is 4.06. The Morgan fingerprint density at radius 2 is 2.31 bits per heavy atom. The first-order valence-electron chi connectivity index (χ1n) is 3.81. The molecular weight excluding hydrogens is 186 g/mol. The highest BCUT2D eigenvalue weighted by molar-refractivity contribution is 6.31. The Balaban J connectivity index is 2.98. The molecule has 0 N–H and O–H groups in total. The zero-order valence-electron chi connectivity index (χ0n) is 7.17. The van der Waals surface area contributed by atoms with Crippen LogP contribution in [0.25, 0.3) is 0 Å². The number of hydrogen-bond acceptors (Lipinski definition) is 2. The van der Waals surface area contributed by atoms with Crippen LogP contribution in [0.5, 0.6) is 0 Å². The third-order valence-corrected chi connectivity index (χ3v) is 2.14. The van der Waals surface area contributed by atoms with Gasteiger partial charge in [0, 0.05) is 10.6 Å². The number of rotatable bonds is 2.